The van der Waals surface area contributed by atoms with Crippen molar-refractivity contribution in [3.05, 3.63) is 35.9 Å². The molecule has 1 aromatic rings. The van der Waals surface area contributed by atoms with Gasteiger partial charge in [-0.15, -0.1) is 12.4 Å². The van der Waals surface area contributed by atoms with Crippen molar-refractivity contribution in [2.45, 2.75) is 26.8 Å². The van der Waals surface area contributed by atoms with Crippen LogP contribution < -0.4 is 0 Å². The van der Waals surface area contributed by atoms with Crippen LogP contribution in [0, 0.1) is 11.8 Å². The Kier molecular flexibility index (Phi) is 7.72. The standard InChI is InChI=1S/C14H19N.ClH/c1-4-15(5-2)13(3)11-12-14-9-7-6-8-10-14;/h6-10,13H,4-5H2,1-3H3;1H. The molecule has 0 saturated carbocycles. The van der Waals surface area contributed by atoms with E-state index in [1.807, 2.05) is 30.3 Å². The molecule has 2 heteroatoms. The lowest BCUT2D eigenvalue weighted by Gasteiger charge is -2.21. The van der Waals surface area contributed by atoms with Gasteiger partial charge in [-0.2, -0.15) is 0 Å². The van der Waals surface area contributed by atoms with Gasteiger partial charge in [-0.25, -0.2) is 0 Å². The molecule has 1 rings (SSSR count). The summed E-state index contributed by atoms with van der Waals surface area (Å²) >= 11 is 0. The van der Waals surface area contributed by atoms with Gasteiger partial charge in [0, 0.05) is 5.56 Å². The summed E-state index contributed by atoms with van der Waals surface area (Å²) in [6.07, 6.45) is 0. The minimum Gasteiger partial charge on any atom is -0.291 e. The SMILES string of the molecule is CCN(CC)C(C)C#Cc1ccccc1.Cl. The highest BCUT2D eigenvalue weighted by molar-refractivity contribution is 5.85. The van der Waals surface area contributed by atoms with E-state index >= 15 is 0 Å². The number of rotatable bonds is 3. The maximum absolute atomic E-state index is 3.28. The van der Waals surface area contributed by atoms with Crippen molar-refractivity contribution in [1.29, 1.82) is 0 Å². The van der Waals surface area contributed by atoms with E-state index in [9.17, 15) is 0 Å². The topological polar surface area (TPSA) is 3.24 Å². The van der Waals surface area contributed by atoms with Crippen molar-refractivity contribution in [3.8, 4) is 11.8 Å². The Balaban J connectivity index is 0.00000225. The summed E-state index contributed by atoms with van der Waals surface area (Å²) in [6, 6.07) is 10.5. The first kappa shape index (κ1) is 15.0. The number of benzene rings is 1. The third-order valence-corrected chi connectivity index (χ3v) is 2.56. The summed E-state index contributed by atoms with van der Waals surface area (Å²) in [7, 11) is 0. The smallest absolute Gasteiger partial charge is 0.0689 e. The molecule has 0 bridgehead atoms. The van der Waals surface area contributed by atoms with Crippen molar-refractivity contribution in [1.82, 2.24) is 4.90 Å². The Morgan fingerprint density at radius 1 is 1.12 bits per heavy atom. The van der Waals surface area contributed by atoms with Gasteiger partial charge in [0.15, 0.2) is 0 Å². The largest absolute Gasteiger partial charge is 0.291 e. The fraction of sp³-hybridized carbons (Fsp3) is 0.429. The summed E-state index contributed by atoms with van der Waals surface area (Å²) in [6.45, 7) is 8.61. The van der Waals surface area contributed by atoms with Crippen molar-refractivity contribution >= 4 is 12.4 Å². The van der Waals surface area contributed by atoms with E-state index < -0.39 is 0 Å². The van der Waals surface area contributed by atoms with Crippen molar-refractivity contribution in [2.24, 2.45) is 0 Å². The van der Waals surface area contributed by atoms with Crippen LogP contribution in [0.4, 0.5) is 0 Å². The third kappa shape index (κ3) is 4.70. The molecule has 1 unspecified atom stereocenters. The van der Waals surface area contributed by atoms with Gasteiger partial charge in [0.2, 0.25) is 0 Å². The number of hydrogen-bond donors (Lipinski definition) is 0. The van der Waals surface area contributed by atoms with Gasteiger partial charge in [-0.05, 0) is 32.1 Å². The van der Waals surface area contributed by atoms with E-state index in [1.54, 1.807) is 0 Å². The second-order valence-electron chi connectivity index (χ2n) is 3.53. The highest BCUT2D eigenvalue weighted by Crippen LogP contribution is 1.99. The molecule has 0 aromatic heterocycles. The van der Waals surface area contributed by atoms with E-state index in [-0.39, 0.29) is 12.4 Å². The first-order chi connectivity index (χ1) is 7.27. The van der Waals surface area contributed by atoms with Gasteiger partial charge < -0.3 is 0 Å². The highest BCUT2D eigenvalue weighted by Gasteiger charge is 2.05. The highest BCUT2D eigenvalue weighted by atomic mass is 35.5. The second kappa shape index (κ2) is 8.21. The molecular weight excluding hydrogens is 218 g/mol. The molecule has 0 N–H and O–H groups in total. The van der Waals surface area contributed by atoms with Gasteiger partial charge >= 0.3 is 0 Å². The number of hydrogen-bond acceptors (Lipinski definition) is 1. The van der Waals surface area contributed by atoms with Gasteiger partial charge in [-0.3, -0.25) is 4.90 Å². The Morgan fingerprint density at radius 3 is 2.19 bits per heavy atom. The summed E-state index contributed by atoms with van der Waals surface area (Å²) in [5.74, 6) is 6.48. The van der Waals surface area contributed by atoms with Gasteiger partial charge in [0.05, 0.1) is 6.04 Å². The molecule has 0 heterocycles. The molecular formula is C14H20ClN. The summed E-state index contributed by atoms with van der Waals surface area (Å²) in [5.41, 5.74) is 1.09. The van der Waals surface area contributed by atoms with Crippen molar-refractivity contribution < 1.29 is 0 Å². The maximum Gasteiger partial charge on any atom is 0.0689 e. The van der Waals surface area contributed by atoms with Gasteiger partial charge in [0.1, 0.15) is 0 Å². The fourth-order valence-corrected chi connectivity index (χ4v) is 1.57. The zero-order valence-electron chi connectivity index (χ0n) is 10.2. The first-order valence-electron chi connectivity index (χ1n) is 5.58. The van der Waals surface area contributed by atoms with Crippen molar-refractivity contribution in [3.63, 3.8) is 0 Å². The number of nitrogens with zero attached hydrogens (tertiary/aromatic N) is 1. The molecule has 0 saturated heterocycles. The van der Waals surface area contributed by atoms with Crippen molar-refractivity contribution in [2.75, 3.05) is 13.1 Å². The van der Waals surface area contributed by atoms with E-state index in [0.29, 0.717) is 6.04 Å². The molecule has 16 heavy (non-hydrogen) atoms. The van der Waals surface area contributed by atoms with Crippen LogP contribution in [-0.2, 0) is 0 Å². The molecule has 0 radical (unpaired) electrons. The minimum atomic E-state index is 0. The average molecular weight is 238 g/mol. The minimum absolute atomic E-state index is 0. The molecule has 0 amide bonds. The Hall–Kier alpha value is -0.970. The van der Waals surface area contributed by atoms with Crippen LogP contribution in [0.15, 0.2) is 30.3 Å². The van der Waals surface area contributed by atoms with E-state index in [2.05, 4.69) is 37.5 Å². The van der Waals surface area contributed by atoms with Crippen LogP contribution in [0.1, 0.15) is 26.3 Å². The maximum atomic E-state index is 3.28. The quantitative estimate of drug-likeness (QED) is 0.730. The molecule has 0 aliphatic heterocycles. The Morgan fingerprint density at radius 2 is 1.69 bits per heavy atom. The van der Waals surface area contributed by atoms with Gasteiger partial charge in [0.25, 0.3) is 0 Å². The van der Waals surface area contributed by atoms with Crippen LogP contribution in [0.2, 0.25) is 0 Å². The summed E-state index contributed by atoms with van der Waals surface area (Å²) in [4.78, 5) is 2.34. The van der Waals surface area contributed by atoms with Crippen LogP contribution in [0.25, 0.3) is 0 Å². The molecule has 0 spiro atoms. The Labute approximate surface area is 105 Å². The molecule has 0 fully saturated rings. The van der Waals surface area contributed by atoms with E-state index in [0.717, 1.165) is 18.7 Å². The number of halogens is 1. The van der Waals surface area contributed by atoms with Crippen LogP contribution in [-0.4, -0.2) is 24.0 Å². The zero-order chi connectivity index (χ0) is 11.1. The van der Waals surface area contributed by atoms with Crippen LogP contribution in [0.3, 0.4) is 0 Å². The van der Waals surface area contributed by atoms with E-state index in [1.165, 1.54) is 0 Å². The second-order valence-corrected chi connectivity index (χ2v) is 3.53. The molecule has 1 aromatic carbocycles. The van der Waals surface area contributed by atoms with Crippen LogP contribution in [0.5, 0.6) is 0 Å². The van der Waals surface area contributed by atoms with Gasteiger partial charge in [-0.1, -0.05) is 43.9 Å². The fourth-order valence-electron chi connectivity index (χ4n) is 1.57. The molecule has 1 nitrogen and oxygen atoms in total. The average Bonchev–Trinajstić information content (AvgIpc) is 2.29. The summed E-state index contributed by atoms with van der Waals surface area (Å²) in [5, 5.41) is 0. The molecule has 0 aliphatic carbocycles. The predicted molar refractivity (Wildman–Crippen MR) is 73.0 cm³/mol. The monoisotopic (exact) mass is 237 g/mol. The third-order valence-electron chi connectivity index (χ3n) is 2.56. The van der Waals surface area contributed by atoms with E-state index in [4.69, 9.17) is 0 Å². The molecule has 1 atom stereocenters. The lowest BCUT2D eigenvalue weighted by atomic mass is 10.2. The molecule has 88 valence electrons. The normalized spacial score (nSPS) is 11.2. The first-order valence-corrected chi connectivity index (χ1v) is 5.58. The lowest BCUT2D eigenvalue weighted by molar-refractivity contribution is 0.275. The molecule has 0 aliphatic rings. The Bertz CT molecular complexity index is 333. The lowest BCUT2D eigenvalue weighted by Crippen LogP contribution is -2.31. The van der Waals surface area contributed by atoms with Crippen LogP contribution >= 0.6 is 12.4 Å². The predicted octanol–water partition coefficient (Wildman–Crippen LogP) is 3.19. The summed E-state index contributed by atoms with van der Waals surface area (Å²) < 4.78 is 0. The zero-order valence-corrected chi connectivity index (χ0v) is 11.1.